The summed E-state index contributed by atoms with van der Waals surface area (Å²) in [5.41, 5.74) is 11.7. The van der Waals surface area contributed by atoms with Crippen LogP contribution in [0.25, 0.3) is 0 Å². The largest absolute Gasteiger partial charge is 0.366 e. The average Bonchev–Trinajstić information content (AvgIpc) is 3.14. The van der Waals surface area contributed by atoms with Gasteiger partial charge in [0, 0.05) is 12.1 Å². The molecule has 1 amide bonds. The summed E-state index contributed by atoms with van der Waals surface area (Å²) in [6.07, 6.45) is 5.85. The van der Waals surface area contributed by atoms with E-state index in [0.29, 0.717) is 11.5 Å². The minimum absolute atomic E-state index is 0.317. The molecule has 0 unspecified atom stereocenters. The van der Waals surface area contributed by atoms with E-state index < -0.39 is 0 Å². The summed E-state index contributed by atoms with van der Waals surface area (Å²) in [4.78, 5) is 14.3. The molecule has 3 heteroatoms. The molecule has 130 valence electrons. The van der Waals surface area contributed by atoms with Crippen LogP contribution < -0.4 is 5.73 Å². The number of primary amides is 1. The number of rotatable bonds is 4. The fourth-order valence-corrected chi connectivity index (χ4v) is 4.45. The van der Waals surface area contributed by atoms with Gasteiger partial charge >= 0.3 is 0 Å². The Kier molecular flexibility index (Phi) is 4.58. The van der Waals surface area contributed by atoms with Crippen molar-refractivity contribution in [3.8, 4) is 0 Å². The maximum atomic E-state index is 11.7. The number of fused-ring (bicyclic) bond motifs is 1. The van der Waals surface area contributed by atoms with Crippen molar-refractivity contribution >= 4 is 5.91 Å². The zero-order valence-corrected chi connectivity index (χ0v) is 14.7. The molecule has 25 heavy (non-hydrogen) atoms. The summed E-state index contributed by atoms with van der Waals surface area (Å²) in [5.74, 6) is 0.0722. The first-order valence-corrected chi connectivity index (χ1v) is 9.42. The molecule has 4 rings (SSSR count). The minimum Gasteiger partial charge on any atom is -0.366 e. The van der Waals surface area contributed by atoms with Crippen LogP contribution in [0.4, 0.5) is 0 Å². The predicted octanol–water partition coefficient (Wildman–Crippen LogP) is 3.65. The number of amides is 1. The van der Waals surface area contributed by atoms with E-state index in [0.717, 1.165) is 31.4 Å². The lowest BCUT2D eigenvalue weighted by atomic mass is 9.78. The average molecular weight is 334 g/mol. The lowest BCUT2D eigenvalue weighted by Crippen LogP contribution is -2.20. The van der Waals surface area contributed by atoms with Crippen LogP contribution in [-0.2, 0) is 19.4 Å². The van der Waals surface area contributed by atoms with Gasteiger partial charge in [-0.05, 0) is 79.4 Å². The van der Waals surface area contributed by atoms with Gasteiger partial charge in [0.25, 0.3) is 0 Å². The molecule has 1 saturated heterocycles. The second-order valence-electron chi connectivity index (χ2n) is 7.48. The highest BCUT2D eigenvalue weighted by molar-refractivity contribution is 5.94. The van der Waals surface area contributed by atoms with Crippen LogP contribution in [0.5, 0.6) is 0 Å². The van der Waals surface area contributed by atoms with Crippen LogP contribution in [0.3, 0.4) is 0 Å². The molecule has 1 heterocycles. The van der Waals surface area contributed by atoms with Crippen molar-refractivity contribution in [2.24, 2.45) is 5.73 Å². The van der Waals surface area contributed by atoms with Gasteiger partial charge in [-0.15, -0.1) is 0 Å². The predicted molar refractivity (Wildman–Crippen MR) is 101 cm³/mol. The van der Waals surface area contributed by atoms with Crippen molar-refractivity contribution in [3.63, 3.8) is 0 Å². The van der Waals surface area contributed by atoms with Crippen molar-refractivity contribution in [1.82, 2.24) is 4.90 Å². The standard InChI is InChI=1S/C22H26N2O/c23-22(25)21-6-2-1-5-20(21)19-10-9-17-13-16(7-8-18(17)14-19)15-24-11-3-4-12-24/h1-2,5-8,13,19H,3-4,9-12,14-15H2,(H2,23,25)/t19-/m0/s1. The van der Waals surface area contributed by atoms with E-state index in [1.165, 1.54) is 42.6 Å². The Morgan fingerprint density at radius 2 is 1.88 bits per heavy atom. The lowest BCUT2D eigenvalue weighted by Gasteiger charge is -2.27. The molecule has 2 aliphatic rings. The molecule has 1 fully saturated rings. The molecule has 3 nitrogen and oxygen atoms in total. The third-order valence-corrected chi connectivity index (χ3v) is 5.77. The van der Waals surface area contributed by atoms with E-state index in [1.54, 1.807) is 0 Å². The number of nitrogens with two attached hydrogens (primary N) is 1. The van der Waals surface area contributed by atoms with Gasteiger partial charge in [0.15, 0.2) is 0 Å². The summed E-state index contributed by atoms with van der Waals surface area (Å²) in [6, 6.07) is 14.8. The van der Waals surface area contributed by atoms with Gasteiger partial charge in [-0.3, -0.25) is 9.69 Å². The first kappa shape index (κ1) is 16.3. The molecule has 0 bridgehead atoms. The van der Waals surface area contributed by atoms with Crippen LogP contribution >= 0.6 is 0 Å². The second kappa shape index (κ2) is 7.01. The summed E-state index contributed by atoms with van der Waals surface area (Å²) in [5, 5.41) is 0. The Hall–Kier alpha value is -2.13. The number of carbonyl (C=O) groups is 1. The van der Waals surface area contributed by atoms with Crippen LogP contribution in [0.2, 0.25) is 0 Å². The lowest BCUT2D eigenvalue weighted by molar-refractivity contribution is 0.0999. The van der Waals surface area contributed by atoms with E-state index in [9.17, 15) is 4.79 Å². The fourth-order valence-electron chi connectivity index (χ4n) is 4.45. The Morgan fingerprint density at radius 3 is 2.68 bits per heavy atom. The molecule has 1 aliphatic carbocycles. The second-order valence-corrected chi connectivity index (χ2v) is 7.48. The van der Waals surface area contributed by atoms with E-state index in [2.05, 4.69) is 29.2 Å². The molecule has 0 radical (unpaired) electrons. The Bertz CT molecular complexity index is 777. The number of benzene rings is 2. The van der Waals surface area contributed by atoms with Gasteiger partial charge in [0.2, 0.25) is 5.91 Å². The van der Waals surface area contributed by atoms with Gasteiger partial charge in [-0.25, -0.2) is 0 Å². The normalized spacial score (nSPS) is 20.4. The Morgan fingerprint density at radius 1 is 1.08 bits per heavy atom. The first-order valence-electron chi connectivity index (χ1n) is 9.42. The number of carbonyl (C=O) groups excluding carboxylic acids is 1. The minimum atomic E-state index is -0.317. The van der Waals surface area contributed by atoms with Crippen molar-refractivity contribution in [2.75, 3.05) is 13.1 Å². The topological polar surface area (TPSA) is 46.3 Å². The number of aryl methyl sites for hydroxylation is 1. The molecular weight excluding hydrogens is 308 g/mol. The molecule has 2 N–H and O–H groups in total. The third kappa shape index (κ3) is 3.47. The number of hydrogen-bond acceptors (Lipinski definition) is 2. The van der Waals surface area contributed by atoms with Crippen LogP contribution in [-0.4, -0.2) is 23.9 Å². The van der Waals surface area contributed by atoms with E-state index in [-0.39, 0.29) is 5.91 Å². The number of likely N-dealkylation sites (tertiary alicyclic amines) is 1. The number of nitrogens with zero attached hydrogens (tertiary/aromatic N) is 1. The van der Waals surface area contributed by atoms with Crippen molar-refractivity contribution in [1.29, 1.82) is 0 Å². The molecule has 2 aromatic rings. The van der Waals surface area contributed by atoms with Crippen molar-refractivity contribution in [2.45, 2.75) is 44.6 Å². The highest BCUT2D eigenvalue weighted by atomic mass is 16.1. The summed E-state index contributed by atoms with van der Waals surface area (Å²) >= 11 is 0. The van der Waals surface area contributed by atoms with Gasteiger partial charge in [-0.2, -0.15) is 0 Å². The monoisotopic (exact) mass is 334 g/mol. The smallest absolute Gasteiger partial charge is 0.248 e. The Labute approximate surface area is 149 Å². The van der Waals surface area contributed by atoms with Gasteiger partial charge in [0.1, 0.15) is 0 Å². The highest BCUT2D eigenvalue weighted by Gasteiger charge is 2.23. The van der Waals surface area contributed by atoms with Gasteiger partial charge in [-0.1, -0.05) is 36.4 Å². The van der Waals surface area contributed by atoms with E-state index in [1.807, 2.05) is 18.2 Å². The molecule has 0 aromatic heterocycles. The SMILES string of the molecule is NC(=O)c1ccccc1[C@H]1CCc2cc(CN3CCCC3)ccc2C1. The molecule has 1 aliphatic heterocycles. The van der Waals surface area contributed by atoms with E-state index in [4.69, 9.17) is 5.73 Å². The maximum absolute atomic E-state index is 11.7. The van der Waals surface area contributed by atoms with Gasteiger partial charge < -0.3 is 5.73 Å². The highest BCUT2D eigenvalue weighted by Crippen LogP contribution is 2.34. The molecule has 0 spiro atoms. The van der Waals surface area contributed by atoms with Gasteiger partial charge in [0.05, 0.1) is 0 Å². The van der Waals surface area contributed by atoms with Crippen LogP contribution in [0, 0.1) is 0 Å². The molecule has 0 saturated carbocycles. The summed E-state index contributed by atoms with van der Waals surface area (Å²) < 4.78 is 0. The summed E-state index contributed by atoms with van der Waals surface area (Å²) in [7, 11) is 0. The van der Waals surface area contributed by atoms with E-state index >= 15 is 0 Å². The quantitative estimate of drug-likeness (QED) is 0.927. The Balaban J connectivity index is 1.53. The molecular formula is C22H26N2O. The van der Waals surface area contributed by atoms with Crippen LogP contribution in [0.15, 0.2) is 42.5 Å². The van der Waals surface area contributed by atoms with Crippen molar-refractivity contribution in [3.05, 3.63) is 70.3 Å². The van der Waals surface area contributed by atoms with Crippen molar-refractivity contribution < 1.29 is 4.79 Å². The summed E-state index contributed by atoms with van der Waals surface area (Å²) in [6.45, 7) is 3.56. The molecule has 1 atom stereocenters. The third-order valence-electron chi connectivity index (χ3n) is 5.77. The van der Waals surface area contributed by atoms with Crippen LogP contribution in [0.1, 0.15) is 57.8 Å². The maximum Gasteiger partial charge on any atom is 0.248 e. The zero-order valence-electron chi connectivity index (χ0n) is 14.7. The number of hydrogen-bond donors (Lipinski definition) is 1. The first-order chi connectivity index (χ1) is 12.2. The molecule has 2 aromatic carbocycles. The zero-order chi connectivity index (χ0) is 17.2. The fraction of sp³-hybridized carbons (Fsp3) is 0.409.